The number of fused-ring (bicyclic) bond motifs is 4. The minimum atomic E-state index is -0.451. The van der Waals surface area contributed by atoms with Gasteiger partial charge in [0.15, 0.2) is 0 Å². The van der Waals surface area contributed by atoms with E-state index < -0.39 is 36.3 Å². The van der Waals surface area contributed by atoms with Crippen molar-refractivity contribution in [3.63, 3.8) is 0 Å². The molecule has 0 aliphatic rings. The molecule has 0 saturated carbocycles. The minimum absolute atomic E-state index is 0.109. The molecule has 0 bridgehead atoms. The molecule has 0 aliphatic heterocycles. The van der Waals surface area contributed by atoms with Crippen molar-refractivity contribution in [1.82, 2.24) is 0 Å². The van der Waals surface area contributed by atoms with Crippen LogP contribution in [0.4, 0.5) is 17.1 Å². The van der Waals surface area contributed by atoms with Gasteiger partial charge in [0.2, 0.25) is 0 Å². The van der Waals surface area contributed by atoms with Crippen molar-refractivity contribution in [1.29, 1.82) is 0 Å². The summed E-state index contributed by atoms with van der Waals surface area (Å²) in [6, 6.07) is 38.1. The highest BCUT2D eigenvalue weighted by Crippen LogP contribution is 2.44. The van der Waals surface area contributed by atoms with Gasteiger partial charge >= 0.3 is 0 Å². The summed E-state index contributed by atoms with van der Waals surface area (Å²) in [4.78, 5) is 2.05. The van der Waals surface area contributed by atoms with Gasteiger partial charge in [-0.2, -0.15) is 0 Å². The van der Waals surface area contributed by atoms with Crippen LogP contribution in [0.5, 0.6) is 0 Å². The molecule has 1 heterocycles. The fourth-order valence-electron chi connectivity index (χ4n) is 6.39. The Labute approximate surface area is 298 Å². The van der Waals surface area contributed by atoms with Crippen molar-refractivity contribution >= 4 is 59.3 Å². The van der Waals surface area contributed by atoms with Gasteiger partial charge in [-0.3, -0.25) is 0 Å². The van der Waals surface area contributed by atoms with Gasteiger partial charge in [-0.25, -0.2) is 0 Å². The van der Waals surface area contributed by atoms with Gasteiger partial charge in [0, 0.05) is 36.9 Å². The molecular weight excluding hydrogens is 599 g/mol. The van der Waals surface area contributed by atoms with Crippen LogP contribution < -0.4 is 4.90 Å². The lowest BCUT2D eigenvalue weighted by atomic mass is 9.95. The fraction of sp³-hybridized carbons (Fsp3) is 0. The van der Waals surface area contributed by atoms with E-state index in [1.165, 1.54) is 20.2 Å². The van der Waals surface area contributed by atoms with Crippen LogP contribution in [0.15, 0.2) is 188 Å². The van der Waals surface area contributed by atoms with E-state index in [1.807, 2.05) is 36.4 Å². The van der Waals surface area contributed by atoms with Crippen molar-refractivity contribution in [3.8, 4) is 33.4 Å². The number of benzene rings is 8. The minimum Gasteiger partial charge on any atom is -0.310 e. The van der Waals surface area contributed by atoms with Crippen LogP contribution in [0.25, 0.3) is 64.3 Å². The zero-order chi connectivity index (χ0) is 40.6. The van der Waals surface area contributed by atoms with Crippen molar-refractivity contribution in [3.05, 3.63) is 188 Å². The van der Waals surface area contributed by atoms with Gasteiger partial charge < -0.3 is 4.90 Å². The normalized spacial score (nSPS) is 14.2. The molecule has 2 heteroatoms. The first-order valence-corrected chi connectivity index (χ1v) is 16.3. The van der Waals surface area contributed by atoms with E-state index in [0.29, 0.717) is 11.1 Å². The maximum atomic E-state index is 8.55. The molecule has 48 heavy (non-hydrogen) atoms. The Bertz CT molecular complexity index is 2950. The summed E-state index contributed by atoms with van der Waals surface area (Å²) < 4.78 is 85.6. The molecule has 1 nitrogen and oxygen atoms in total. The Hall–Kier alpha value is -5.96. The van der Waals surface area contributed by atoms with Crippen molar-refractivity contribution < 1.29 is 13.7 Å². The first kappa shape index (κ1) is 19.6. The molecule has 9 rings (SSSR count). The molecule has 0 N–H and O–H groups in total. The summed E-state index contributed by atoms with van der Waals surface area (Å²) in [6.07, 6.45) is 0. The number of hydrogen-bond acceptors (Lipinski definition) is 2. The van der Waals surface area contributed by atoms with E-state index in [2.05, 4.69) is 71.6 Å². The second-order valence-corrected chi connectivity index (χ2v) is 12.5. The molecule has 8 aromatic carbocycles. The summed E-state index contributed by atoms with van der Waals surface area (Å²) in [6.45, 7) is 0. The van der Waals surface area contributed by atoms with Crippen LogP contribution in [0, 0.1) is 0 Å². The van der Waals surface area contributed by atoms with E-state index in [0.717, 1.165) is 39.0 Å². The Kier molecular flexibility index (Phi) is 4.91. The maximum Gasteiger partial charge on any atom is 0.0629 e. The standard InChI is InChI=1S/C46H31NS/c1-3-11-32(12-4-1)34-19-24-37(25-20-34)47(38-26-21-35(22-27-38)33-13-5-2-6-14-33)44-29-28-39(40-15-7-8-16-41(40)44)36-23-30-46-43(31-36)42-17-9-10-18-45(42)48-46/h1-31H/i1D,2D,3D,4D,5D,6D,11D,12D,13D,14D. The molecule has 0 spiro atoms. The maximum absolute atomic E-state index is 8.55. The smallest absolute Gasteiger partial charge is 0.0629 e. The number of anilines is 3. The highest BCUT2D eigenvalue weighted by atomic mass is 32.1. The average Bonchev–Trinajstić information content (AvgIpc) is 3.63. The SMILES string of the molecule is [2H]c1c([2H])c([2H])c(-c2ccc(N(c3ccc(-c4c([2H])c([2H])c([2H])c([2H])c4[2H])cc3)c3ccc(-c4ccc5sc6ccccc6c5c4)c4ccccc34)cc2)c([2H])c1[2H]. The van der Waals surface area contributed by atoms with E-state index in [1.54, 1.807) is 35.6 Å². The summed E-state index contributed by atoms with van der Waals surface area (Å²) in [5, 5.41) is 4.40. The largest absolute Gasteiger partial charge is 0.310 e. The third-order valence-electron chi connectivity index (χ3n) is 8.66. The average molecular weight is 640 g/mol. The molecule has 9 aromatic rings. The summed E-state index contributed by atoms with van der Waals surface area (Å²) in [5.41, 5.74) is 5.57. The molecule has 0 radical (unpaired) electrons. The van der Waals surface area contributed by atoms with Crippen molar-refractivity contribution in [2.45, 2.75) is 0 Å². The Morgan fingerprint density at radius 3 is 1.54 bits per heavy atom. The highest BCUT2D eigenvalue weighted by Gasteiger charge is 2.18. The van der Waals surface area contributed by atoms with Gasteiger partial charge in [0.05, 0.1) is 19.4 Å². The number of hydrogen-bond donors (Lipinski definition) is 0. The lowest BCUT2D eigenvalue weighted by molar-refractivity contribution is 1.30. The van der Waals surface area contributed by atoms with Gasteiger partial charge in [-0.05, 0) is 87.3 Å². The second-order valence-electron chi connectivity index (χ2n) is 11.4. The Balaban J connectivity index is 1.22. The van der Waals surface area contributed by atoms with E-state index in [-0.39, 0.29) is 35.3 Å². The predicted octanol–water partition coefficient (Wildman–Crippen LogP) is 13.7. The monoisotopic (exact) mass is 639 g/mol. The molecular formula is C46H31NS. The van der Waals surface area contributed by atoms with Gasteiger partial charge in [0.25, 0.3) is 0 Å². The summed E-state index contributed by atoms with van der Waals surface area (Å²) in [5.74, 6) is 0. The lowest BCUT2D eigenvalue weighted by Crippen LogP contribution is -2.10. The van der Waals surface area contributed by atoms with Gasteiger partial charge in [-0.15, -0.1) is 11.3 Å². The van der Waals surface area contributed by atoms with Crippen molar-refractivity contribution in [2.24, 2.45) is 0 Å². The van der Waals surface area contributed by atoms with Crippen LogP contribution in [0.3, 0.4) is 0 Å². The topological polar surface area (TPSA) is 3.24 Å². The molecule has 226 valence electrons. The van der Waals surface area contributed by atoms with Crippen LogP contribution in [0.2, 0.25) is 0 Å². The van der Waals surface area contributed by atoms with Crippen LogP contribution >= 0.6 is 11.3 Å². The summed E-state index contributed by atoms with van der Waals surface area (Å²) >= 11 is 1.77. The molecule has 0 unspecified atom stereocenters. The van der Waals surface area contributed by atoms with Crippen LogP contribution in [0.1, 0.15) is 13.7 Å². The highest BCUT2D eigenvalue weighted by molar-refractivity contribution is 7.25. The van der Waals surface area contributed by atoms with Gasteiger partial charge in [0.1, 0.15) is 0 Å². The number of nitrogens with zero attached hydrogens (tertiary/aromatic N) is 1. The summed E-state index contributed by atoms with van der Waals surface area (Å²) in [7, 11) is 0. The van der Waals surface area contributed by atoms with Crippen LogP contribution in [-0.2, 0) is 0 Å². The predicted molar refractivity (Wildman–Crippen MR) is 208 cm³/mol. The lowest BCUT2D eigenvalue weighted by Gasteiger charge is -2.28. The third kappa shape index (κ3) is 5.04. The van der Waals surface area contributed by atoms with Crippen LogP contribution in [-0.4, -0.2) is 0 Å². The van der Waals surface area contributed by atoms with Crippen molar-refractivity contribution in [2.75, 3.05) is 4.90 Å². The van der Waals surface area contributed by atoms with E-state index in [4.69, 9.17) is 13.7 Å². The zero-order valence-electron chi connectivity index (χ0n) is 35.5. The van der Waals surface area contributed by atoms with E-state index >= 15 is 0 Å². The molecule has 0 saturated heterocycles. The number of thiophene rings is 1. The first-order valence-electron chi connectivity index (χ1n) is 20.5. The Morgan fingerprint density at radius 1 is 0.396 bits per heavy atom. The fourth-order valence-corrected chi connectivity index (χ4v) is 7.48. The third-order valence-corrected chi connectivity index (χ3v) is 9.81. The Morgan fingerprint density at radius 2 is 0.917 bits per heavy atom. The molecule has 0 fully saturated rings. The molecule has 0 aliphatic carbocycles. The zero-order valence-corrected chi connectivity index (χ0v) is 26.3. The molecule has 0 atom stereocenters. The van der Waals surface area contributed by atoms with Gasteiger partial charge in [-0.1, -0.05) is 139 Å². The van der Waals surface area contributed by atoms with E-state index in [9.17, 15) is 0 Å². The first-order chi connectivity index (χ1) is 27.9. The number of rotatable bonds is 6. The second kappa shape index (κ2) is 12.0. The molecule has 0 amide bonds. The quantitative estimate of drug-likeness (QED) is 0.175. The molecule has 1 aromatic heterocycles.